The first-order valence-electron chi connectivity index (χ1n) is 8.82. The summed E-state index contributed by atoms with van der Waals surface area (Å²) in [6.45, 7) is 22.2. The molecule has 0 heterocycles. The van der Waals surface area contributed by atoms with Crippen molar-refractivity contribution in [3.8, 4) is 0 Å². The van der Waals surface area contributed by atoms with Crippen LogP contribution in [0.25, 0.3) is 0 Å². The van der Waals surface area contributed by atoms with E-state index in [1.807, 2.05) is 0 Å². The van der Waals surface area contributed by atoms with Crippen molar-refractivity contribution in [2.24, 2.45) is 10.8 Å². The molecule has 148 valence electrons. The molecule has 0 radical (unpaired) electrons. The molecule has 0 bridgehead atoms. The van der Waals surface area contributed by atoms with Crippen molar-refractivity contribution in [1.29, 1.82) is 0 Å². The van der Waals surface area contributed by atoms with Crippen LogP contribution in [0.3, 0.4) is 0 Å². The molecule has 4 heteroatoms. The van der Waals surface area contributed by atoms with Crippen LogP contribution in [0.1, 0.15) is 68.2 Å². The summed E-state index contributed by atoms with van der Waals surface area (Å²) in [6, 6.07) is 0. The molecule has 0 aromatic rings. The van der Waals surface area contributed by atoms with Crippen LogP contribution >= 0.6 is 0 Å². The third-order valence-electron chi connectivity index (χ3n) is 3.51. The van der Waals surface area contributed by atoms with E-state index in [0.717, 1.165) is 12.8 Å². The van der Waals surface area contributed by atoms with Gasteiger partial charge in [0.1, 0.15) is 0 Å². The van der Waals surface area contributed by atoms with E-state index in [1.165, 1.54) is 22.3 Å². The molecule has 2 aliphatic rings. The molecule has 0 aromatic carbocycles. The van der Waals surface area contributed by atoms with Gasteiger partial charge < -0.3 is 24.8 Å². The average molecular weight is 447 g/mol. The van der Waals surface area contributed by atoms with Crippen molar-refractivity contribution in [2.45, 2.75) is 81.3 Å². The van der Waals surface area contributed by atoms with Crippen LogP contribution in [0.15, 0.2) is 34.4 Å². The molecular formula is C22H36Cl2SiTi-2. The summed E-state index contributed by atoms with van der Waals surface area (Å²) in [7, 11) is 0. The van der Waals surface area contributed by atoms with Gasteiger partial charge in [0, 0.05) is 0 Å². The number of halogens is 2. The summed E-state index contributed by atoms with van der Waals surface area (Å²) in [5.74, 6) is 0. The first-order chi connectivity index (χ1) is 10.7. The van der Waals surface area contributed by atoms with Crippen molar-refractivity contribution in [3.05, 3.63) is 46.6 Å². The van der Waals surface area contributed by atoms with E-state index in [4.69, 9.17) is 0 Å². The zero-order valence-corrected chi connectivity index (χ0v) is 22.4. The summed E-state index contributed by atoms with van der Waals surface area (Å²) in [6.07, 6.45) is 13.4. The number of hydrogen-bond donors (Lipinski definition) is 0. The van der Waals surface area contributed by atoms with E-state index in [9.17, 15) is 0 Å². The van der Waals surface area contributed by atoms with Crippen LogP contribution in [0.5, 0.6) is 0 Å². The van der Waals surface area contributed by atoms with Crippen LogP contribution in [0.4, 0.5) is 0 Å². The fourth-order valence-corrected chi connectivity index (χ4v) is 2.13. The predicted molar refractivity (Wildman–Crippen MR) is 107 cm³/mol. The van der Waals surface area contributed by atoms with Gasteiger partial charge in [-0.2, -0.15) is 11.1 Å². The summed E-state index contributed by atoms with van der Waals surface area (Å²) >= 11 is 2.27. The van der Waals surface area contributed by atoms with E-state index < -0.39 is 0 Å². The van der Waals surface area contributed by atoms with Crippen molar-refractivity contribution in [3.63, 3.8) is 0 Å². The summed E-state index contributed by atoms with van der Waals surface area (Å²) < 4.78 is 0. The summed E-state index contributed by atoms with van der Waals surface area (Å²) in [4.78, 5) is 0. The third-order valence-corrected chi connectivity index (χ3v) is 3.51. The SMILES string of the molecule is CC1=CC(C(C)(C)C)=[C-]C1.CC1=CC(C(C)(C)C)=[C-]C1.C[Si](C)=[Ti+2].[Cl-].[Cl-]. The van der Waals surface area contributed by atoms with E-state index in [1.54, 1.807) is 0 Å². The molecule has 26 heavy (non-hydrogen) atoms. The minimum absolute atomic E-state index is 0. The minimum Gasteiger partial charge on any atom is -1.00 e. The maximum absolute atomic E-state index is 3.37. The molecule has 0 saturated carbocycles. The fraction of sp³-hybridized carbons (Fsp3) is 0.636. The van der Waals surface area contributed by atoms with Crippen LogP contribution in [-0.2, 0) is 19.2 Å². The van der Waals surface area contributed by atoms with Gasteiger partial charge in [0.15, 0.2) is 0 Å². The Morgan fingerprint density at radius 2 is 1.00 bits per heavy atom. The van der Waals surface area contributed by atoms with E-state index in [-0.39, 0.29) is 41.8 Å². The number of allylic oxidation sites excluding steroid dienone is 8. The standard InChI is InChI=1S/2C10H15.C2H6Si.2ClH.Ti/c2*1-8-5-6-9(7-8)10(2,3)4;1-3-2;;;/h2*7H,5H2,1-4H3;1-2H3;2*1H;/q2*-1;;;;+2/p-2. The normalized spacial score (nSPS) is 15.5. The summed E-state index contributed by atoms with van der Waals surface area (Å²) in [5, 5.41) is 0. The molecule has 0 saturated heterocycles. The Morgan fingerprint density at radius 3 is 1.08 bits per heavy atom. The Bertz CT molecular complexity index is 518. The Morgan fingerprint density at radius 1 is 0.769 bits per heavy atom. The van der Waals surface area contributed by atoms with E-state index >= 15 is 0 Å². The second-order valence-corrected chi connectivity index (χ2v) is 15.7. The molecule has 0 atom stereocenters. The predicted octanol–water partition coefficient (Wildman–Crippen LogP) is 1.02. The molecule has 0 spiro atoms. The first kappa shape index (κ1) is 31.2. The smallest absolute Gasteiger partial charge is 1.00 e. The van der Waals surface area contributed by atoms with E-state index in [2.05, 4.69) is 112 Å². The quantitative estimate of drug-likeness (QED) is 0.384. The number of rotatable bonds is 0. The zero-order chi connectivity index (χ0) is 19.1. The van der Waals surface area contributed by atoms with Crippen LogP contribution in [0, 0.1) is 23.0 Å². The molecular weight excluding hydrogens is 411 g/mol. The first-order valence-corrected chi connectivity index (χ1v) is 13.7. The van der Waals surface area contributed by atoms with Gasteiger partial charge in [-0.1, -0.05) is 55.4 Å². The van der Waals surface area contributed by atoms with Crippen LogP contribution < -0.4 is 24.8 Å². The molecule has 0 aliphatic heterocycles. The van der Waals surface area contributed by atoms with Crippen molar-refractivity contribution in [1.82, 2.24) is 0 Å². The van der Waals surface area contributed by atoms with Crippen LogP contribution in [-0.4, -0.2) is 6.19 Å². The molecule has 0 N–H and O–H groups in total. The molecule has 2 rings (SSSR count). The van der Waals surface area contributed by atoms with Gasteiger partial charge in [0.2, 0.25) is 0 Å². The molecule has 0 nitrogen and oxygen atoms in total. The molecule has 0 amide bonds. The van der Waals surface area contributed by atoms with Crippen molar-refractivity contribution >= 4 is 6.19 Å². The maximum Gasteiger partial charge on any atom is -1.00 e. The summed E-state index contributed by atoms with van der Waals surface area (Å²) in [5.41, 5.74) is 6.18. The van der Waals surface area contributed by atoms with Gasteiger partial charge in [0.25, 0.3) is 0 Å². The second kappa shape index (κ2) is 13.6. The number of hydrogen-bond acceptors (Lipinski definition) is 0. The minimum atomic E-state index is 0. The van der Waals surface area contributed by atoms with E-state index in [0.29, 0.717) is 0 Å². The Labute approximate surface area is 188 Å². The van der Waals surface area contributed by atoms with Gasteiger partial charge in [-0.3, -0.25) is 12.2 Å². The average Bonchev–Trinajstić information content (AvgIpc) is 2.96. The van der Waals surface area contributed by atoms with Gasteiger partial charge in [-0.15, -0.1) is 12.8 Å². The largest absolute Gasteiger partial charge is 1.00 e. The third kappa shape index (κ3) is 14.5. The Hall–Kier alpha value is 0.471. The maximum atomic E-state index is 3.37. The van der Waals surface area contributed by atoms with Gasteiger partial charge in [0.05, 0.1) is 0 Å². The Balaban J connectivity index is -0.000000319. The topological polar surface area (TPSA) is 0 Å². The molecule has 0 fully saturated rings. The molecule has 0 aromatic heterocycles. The van der Waals surface area contributed by atoms with Crippen molar-refractivity contribution in [2.75, 3.05) is 0 Å². The van der Waals surface area contributed by atoms with Gasteiger partial charge in [-0.05, 0) is 10.8 Å². The van der Waals surface area contributed by atoms with Gasteiger partial charge in [-0.25, -0.2) is 23.3 Å². The second-order valence-electron chi connectivity index (χ2n) is 9.02. The Kier molecular flexibility index (Phi) is 16.3. The zero-order valence-electron chi connectivity index (χ0n) is 18.3. The van der Waals surface area contributed by atoms with Gasteiger partial charge >= 0.3 is 38.5 Å². The fourth-order valence-electron chi connectivity index (χ4n) is 2.13. The monoisotopic (exact) mass is 446 g/mol. The van der Waals surface area contributed by atoms with Crippen LogP contribution in [0.2, 0.25) is 13.1 Å². The van der Waals surface area contributed by atoms with Crippen molar-refractivity contribution < 1.29 is 44.0 Å². The molecule has 0 unspecified atom stereocenters. The molecule has 2 aliphatic carbocycles.